The van der Waals surface area contributed by atoms with E-state index in [1.807, 2.05) is 58.9 Å². The Kier molecular flexibility index (Phi) is 5.50. The van der Waals surface area contributed by atoms with Crippen LogP contribution in [0.25, 0.3) is 22.3 Å². The maximum atomic E-state index is 13.1. The number of aryl methyl sites for hydroxylation is 1. The molecule has 0 aliphatic rings. The summed E-state index contributed by atoms with van der Waals surface area (Å²) in [6.45, 7) is 9.67. The number of rotatable bonds is 4. The first kappa shape index (κ1) is 20.4. The van der Waals surface area contributed by atoms with Gasteiger partial charge in [0, 0.05) is 31.0 Å². The summed E-state index contributed by atoms with van der Waals surface area (Å²) in [7, 11) is 0.487. The Labute approximate surface area is 167 Å². The van der Waals surface area contributed by atoms with E-state index >= 15 is 0 Å². The fraction of sp³-hybridized carbons (Fsp3) is 0.381. The van der Waals surface area contributed by atoms with Crippen LogP contribution in [0.15, 0.2) is 41.5 Å². The molecule has 0 amide bonds. The highest BCUT2D eigenvalue weighted by Crippen LogP contribution is 2.26. The average Bonchev–Trinajstić information content (AvgIpc) is 2.64. The van der Waals surface area contributed by atoms with E-state index in [1.165, 1.54) is 0 Å². The molecule has 1 N–H and O–H groups in total. The summed E-state index contributed by atoms with van der Waals surface area (Å²) in [4.78, 5) is 21.9. The first-order valence-corrected chi connectivity index (χ1v) is 10.3. The number of aromatic nitrogens is 3. The third-order valence-corrected chi connectivity index (χ3v) is 6.28. The standard InChI is InChI=1S/C21H26N4O2S/c1-13-11-16(14(2)24-28(27)21(3,4)5)18-17(12-13)20(26)25(6)19(23-18)15-7-9-22-10-8-15/h7-12,14,24H,1-6H3/t14-,28-/m1/s1. The number of fused-ring (bicyclic) bond motifs is 1. The van der Waals surface area contributed by atoms with E-state index in [-0.39, 0.29) is 16.3 Å². The predicted molar refractivity (Wildman–Crippen MR) is 114 cm³/mol. The highest BCUT2D eigenvalue weighted by Gasteiger charge is 2.24. The van der Waals surface area contributed by atoms with Gasteiger partial charge in [-0.05, 0) is 63.9 Å². The van der Waals surface area contributed by atoms with Gasteiger partial charge in [0.05, 0.1) is 26.6 Å². The number of hydrogen-bond donors (Lipinski definition) is 1. The lowest BCUT2D eigenvalue weighted by Crippen LogP contribution is -2.35. The monoisotopic (exact) mass is 398 g/mol. The van der Waals surface area contributed by atoms with E-state index in [2.05, 4.69) is 9.71 Å². The van der Waals surface area contributed by atoms with Crippen molar-refractivity contribution in [2.24, 2.45) is 7.05 Å². The smallest absolute Gasteiger partial charge is 0.261 e. The lowest BCUT2D eigenvalue weighted by Gasteiger charge is -2.23. The maximum Gasteiger partial charge on any atom is 0.261 e. The van der Waals surface area contributed by atoms with Crippen molar-refractivity contribution in [3.8, 4) is 11.4 Å². The SMILES string of the molecule is Cc1cc([C@@H](C)N[S@](=O)C(C)(C)C)c2nc(-c3ccncc3)n(C)c(=O)c2c1. The van der Waals surface area contributed by atoms with Crippen LogP contribution in [0.2, 0.25) is 0 Å². The fourth-order valence-electron chi connectivity index (χ4n) is 3.04. The van der Waals surface area contributed by atoms with Crippen LogP contribution in [-0.2, 0) is 18.0 Å². The quantitative estimate of drug-likeness (QED) is 0.731. The normalized spacial score (nSPS) is 14.2. The van der Waals surface area contributed by atoms with Crippen LogP contribution in [-0.4, -0.2) is 23.5 Å². The van der Waals surface area contributed by atoms with Gasteiger partial charge in [0.15, 0.2) is 0 Å². The van der Waals surface area contributed by atoms with Crippen molar-refractivity contribution >= 4 is 21.9 Å². The van der Waals surface area contributed by atoms with Crippen molar-refractivity contribution in [1.82, 2.24) is 19.3 Å². The Hall–Kier alpha value is -2.38. The topological polar surface area (TPSA) is 76.9 Å². The molecule has 28 heavy (non-hydrogen) atoms. The maximum absolute atomic E-state index is 13.1. The number of hydrogen-bond acceptors (Lipinski definition) is 4. The van der Waals surface area contributed by atoms with Crippen molar-refractivity contribution in [1.29, 1.82) is 0 Å². The highest BCUT2D eigenvalue weighted by molar-refractivity contribution is 7.84. The zero-order chi connectivity index (χ0) is 20.6. The van der Waals surface area contributed by atoms with E-state index < -0.39 is 11.0 Å². The highest BCUT2D eigenvalue weighted by atomic mass is 32.2. The molecule has 0 bridgehead atoms. The van der Waals surface area contributed by atoms with Gasteiger partial charge in [-0.3, -0.25) is 14.3 Å². The van der Waals surface area contributed by atoms with Crippen LogP contribution in [0.1, 0.15) is 44.9 Å². The molecule has 0 aliphatic heterocycles. The minimum Gasteiger partial charge on any atom is -0.295 e. The Bertz CT molecular complexity index is 1100. The molecule has 6 nitrogen and oxygen atoms in total. The van der Waals surface area contributed by atoms with E-state index in [0.29, 0.717) is 16.7 Å². The zero-order valence-electron chi connectivity index (χ0n) is 17.1. The first-order valence-electron chi connectivity index (χ1n) is 9.19. The molecule has 148 valence electrons. The molecule has 2 aromatic heterocycles. The van der Waals surface area contributed by atoms with Crippen molar-refractivity contribution in [3.63, 3.8) is 0 Å². The van der Waals surface area contributed by atoms with E-state index in [9.17, 15) is 9.00 Å². The van der Waals surface area contributed by atoms with Crippen LogP contribution in [0.3, 0.4) is 0 Å². The van der Waals surface area contributed by atoms with Crippen molar-refractivity contribution < 1.29 is 4.21 Å². The van der Waals surface area contributed by atoms with Crippen LogP contribution in [0.4, 0.5) is 0 Å². The van der Waals surface area contributed by atoms with Crippen molar-refractivity contribution in [3.05, 3.63) is 58.1 Å². The summed E-state index contributed by atoms with van der Waals surface area (Å²) in [5.41, 5.74) is 3.17. The number of pyridine rings is 1. The largest absolute Gasteiger partial charge is 0.295 e. The van der Waals surface area contributed by atoms with Gasteiger partial charge in [-0.25, -0.2) is 13.9 Å². The molecule has 0 aliphatic carbocycles. The molecule has 7 heteroatoms. The summed E-state index contributed by atoms with van der Waals surface area (Å²) in [5, 5.41) is 0.561. The lowest BCUT2D eigenvalue weighted by atomic mass is 10.0. The second-order valence-corrected chi connectivity index (χ2v) is 10.0. The molecular formula is C21H26N4O2S. The second kappa shape index (κ2) is 7.56. The molecule has 1 aromatic carbocycles. The van der Waals surface area contributed by atoms with Gasteiger partial charge in [0.25, 0.3) is 5.56 Å². The third-order valence-electron chi connectivity index (χ3n) is 4.60. The second-order valence-electron chi connectivity index (χ2n) is 8.01. The van der Waals surface area contributed by atoms with Crippen LogP contribution < -0.4 is 10.3 Å². The molecular weight excluding hydrogens is 372 g/mol. The molecule has 3 aromatic rings. The molecule has 0 unspecified atom stereocenters. The summed E-state index contributed by atoms with van der Waals surface area (Å²) >= 11 is 0. The van der Waals surface area contributed by atoms with Crippen LogP contribution in [0, 0.1) is 6.92 Å². The van der Waals surface area contributed by atoms with Crippen molar-refractivity contribution in [2.75, 3.05) is 0 Å². The van der Waals surface area contributed by atoms with Gasteiger partial charge in [0.1, 0.15) is 5.82 Å². The van der Waals surface area contributed by atoms with Gasteiger partial charge in [0.2, 0.25) is 0 Å². The Morgan fingerprint density at radius 2 is 1.82 bits per heavy atom. The zero-order valence-corrected chi connectivity index (χ0v) is 17.9. The van der Waals surface area contributed by atoms with Gasteiger partial charge in [-0.15, -0.1) is 0 Å². The summed E-state index contributed by atoms with van der Waals surface area (Å²) in [6.07, 6.45) is 3.36. The van der Waals surface area contributed by atoms with Crippen LogP contribution in [0.5, 0.6) is 0 Å². The summed E-state index contributed by atoms with van der Waals surface area (Å²) in [6, 6.07) is 7.29. The number of benzene rings is 1. The first-order chi connectivity index (χ1) is 13.1. The third kappa shape index (κ3) is 3.91. The molecule has 0 saturated heterocycles. The molecule has 3 rings (SSSR count). The number of nitrogens with zero attached hydrogens (tertiary/aromatic N) is 3. The van der Waals surface area contributed by atoms with Gasteiger partial charge in [-0.2, -0.15) is 0 Å². The van der Waals surface area contributed by atoms with Gasteiger partial charge >= 0.3 is 0 Å². The summed E-state index contributed by atoms with van der Waals surface area (Å²) < 4.78 is 16.9. The molecule has 2 atom stereocenters. The molecule has 0 radical (unpaired) electrons. The minimum absolute atomic E-state index is 0.106. The average molecular weight is 399 g/mol. The number of nitrogens with one attached hydrogen (secondary N) is 1. The van der Waals surface area contributed by atoms with Crippen molar-refractivity contribution in [2.45, 2.75) is 45.4 Å². The molecule has 0 spiro atoms. The molecule has 0 saturated carbocycles. The lowest BCUT2D eigenvalue weighted by molar-refractivity contribution is 0.617. The van der Waals surface area contributed by atoms with Gasteiger partial charge in [-0.1, -0.05) is 6.07 Å². The fourth-order valence-corrected chi connectivity index (χ4v) is 3.84. The summed E-state index contributed by atoms with van der Waals surface area (Å²) in [5.74, 6) is 0.578. The Morgan fingerprint density at radius 3 is 2.43 bits per heavy atom. The minimum atomic E-state index is -1.24. The Balaban J connectivity index is 2.22. The molecule has 2 heterocycles. The van der Waals surface area contributed by atoms with Crippen LogP contribution >= 0.6 is 0 Å². The molecule has 0 fully saturated rings. The van der Waals surface area contributed by atoms with E-state index in [1.54, 1.807) is 24.0 Å². The Morgan fingerprint density at radius 1 is 1.18 bits per heavy atom. The van der Waals surface area contributed by atoms with E-state index in [0.717, 1.165) is 16.7 Å². The predicted octanol–water partition coefficient (Wildman–Crippen LogP) is 3.42. The van der Waals surface area contributed by atoms with E-state index in [4.69, 9.17) is 4.98 Å². The van der Waals surface area contributed by atoms with Gasteiger partial charge < -0.3 is 0 Å².